The van der Waals surface area contributed by atoms with Gasteiger partial charge in [0.05, 0.1) is 6.42 Å². The van der Waals surface area contributed by atoms with Gasteiger partial charge >= 0.3 is 0 Å². The minimum Gasteiger partial charge on any atom is -0.298 e. The largest absolute Gasteiger partial charge is 0.298 e. The zero-order valence-electron chi connectivity index (χ0n) is 8.78. The fraction of sp³-hybridized carbons (Fsp3) is 0.750. The van der Waals surface area contributed by atoms with Crippen LogP contribution < -0.4 is 0 Å². The van der Waals surface area contributed by atoms with E-state index in [9.17, 15) is 9.00 Å². The van der Waals surface area contributed by atoms with E-state index in [1.54, 1.807) is 0 Å². The molecular formula is C12H16O2S. The molecule has 0 aromatic heterocycles. The zero-order chi connectivity index (χ0) is 10.8. The Hall–Kier alpha value is -0.620. The Morgan fingerprint density at radius 2 is 1.93 bits per heavy atom. The van der Waals surface area contributed by atoms with Crippen molar-refractivity contribution < 1.29 is 9.00 Å². The van der Waals surface area contributed by atoms with E-state index < -0.39 is 10.8 Å². The summed E-state index contributed by atoms with van der Waals surface area (Å²) >= 11 is 0. The average Bonchev–Trinajstić information content (AvgIpc) is 2.17. The van der Waals surface area contributed by atoms with Gasteiger partial charge in [0.2, 0.25) is 0 Å². The predicted octanol–water partition coefficient (Wildman–Crippen LogP) is 1.66. The van der Waals surface area contributed by atoms with Crippen LogP contribution in [0.25, 0.3) is 0 Å². The van der Waals surface area contributed by atoms with Crippen molar-refractivity contribution in [3.63, 3.8) is 0 Å². The molecule has 82 valence electrons. The Morgan fingerprint density at radius 3 is 2.47 bits per heavy atom. The summed E-state index contributed by atoms with van der Waals surface area (Å²) in [6, 6.07) is 0. The standard InChI is InChI=1S/C12H16O2S/c1-2-4-12(13)9-7-10-5-3-6-11(8-9)15(10)14/h1,9-11H,3-8H2. The molecule has 0 N–H and O–H groups in total. The van der Waals surface area contributed by atoms with Crippen LogP contribution in [0, 0.1) is 18.3 Å². The zero-order valence-corrected chi connectivity index (χ0v) is 9.59. The number of carbonyl (C=O) groups is 1. The van der Waals surface area contributed by atoms with Gasteiger partial charge in [-0.05, 0) is 25.7 Å². The number of Topliss-reactive ketones (excluding diaryl/α,β-unsaturated/α-hetero) is 1. The van der Waals surface area contributed by atoms with Gasteiger partial charge in [0.1, 0.15) is 5.78 Å². The van der Waals surface area contributed by atoms with Crippen LogP contribution in [0.5, 0.6) is 0 Å². The van der Waals surface area contributed by atoms with Crippen LogP contribution in [-0.4, -0.2) is 20.5 Å². The number of rotatable bonds is 2. The molecule has 2 bridgehead atoms. The Kier molecular flexibility index (Phi) is 3.25. The molecule has 15 heavy (non-hydrogen) atoms. The van der Waals surface area contributed by atoms with Crippen LogP contribution in [0.4, 0.5) is 0 Å². The smallest absolute Gasteiger partial charge is 0.147 e. The van der Waals surface area contributed by atoms with Gasteiger partial charge in [-0.15, -0.1) is 6.42 Å². The van der Waals surface area contributed by atoms with Gasteiger partial charge in [-0.1, -0.05) is 12.3 Å². The molecule has 2 fully saturated rings. The van der Waals surface area contributed by atoms with Gasteiger partial charge < -0.3 is 0 Å². The first-order chi connectivity index (χ1) is 7.22. The van der Waals surface area contributed by atoms with Crippen LogP contribution in [-0.2, 0) is 15.6 Å². The fourth-order valence-electron chi connectivity index (χ4n) is 2.74. The van der Waals surface area contributed by atoms with Crippen LogP contribution in [0.2, 0.25) is 0 Å². The van der Waals surface area contributed by atoms with Crippen LogP contribution in [0.3, 0.4) is 0 Å². The molecule has 2 rings (SSSR count). The first-order valence-electron chi connectivity index (χ1n) is 5.58. The van der Waals surface area contributed by atoms with Crippen molar-refractivity contribution in [2.75, 3.05) is 0 Å². The molecule has 3 heteroatoms. The number of carbonyl (C=O) groups excluding carboxylic acids is 1. The molecule has 2 nitrogen and oxygen atoms in total. The van der Waals surface area contributed by atoms with E-state index in [-0.39, 0.29) is 28.6 Å². The lowest BCUT2D eigenvalue weighted by atomic mass is 9.86. The molecule has 0 aromatic carbocycles. The molecule has 0 aliphatic carbocycles. The predicted molar refractivity (Wildman–Crippen MR) is 60.8 cm³/mol. The van der Waals surface area contributed by atoms with Crippen molar-refractivity contribution in [1.82, 2.24) is 0 Å². The molecule has 2 unspecified atom stereocenters. The van der Waals surface area contributed by atoms with Crippen LogP contribution in [0.1, 0.15) is 38.5 Å². The molecule has 0 spiro atoms. The summed E-state index contributed by atoms with van der Waals surface area (Å²) in [7, 11) is -0.681. The third-order valence-corrected chi connectivity index (χ3v) is 5.71. The van der Waals surface area contributed by atoms with E-state index in [2.05, 4.69) is 5.92 Å². The third kappa shape index (κ3) is 2.15. The van der Waals surface area contributed by atoms with E-state index in [0.717, 1.165) is 25.7 Å². The highest BCUT2D eigenvalue weighted by Crippen LogP contribution is 2.37. The van der Waals surface area contributed by atoms with Crippen LogP contribution >= 0.6 is 0 Å². The maximum Gasteiger partial charge on any atom is 0.147 e. The normalized spacial score (nSPS) is 39.4. The van der Waals surface area contributed by atoms with Crippen molar-refractivity contribution in [2.24, 2.45) is 5.92 Å². The highest BCUT2D eigenvalue weighted by molar-refractivity contribution is 7.86. The molecular weight excluding hydrogens is 208 g/mol. The van der Waals surface area contributed by atoms with Gasteiger partial charge in [0, 0.05) is 27.2 Å². The number of hydrogen-bond donors (Lipinski definition) is 0. The lowest BCUT2D eigenvalue weighted by molar-refractivity contribution is -0.122. The highest BCUT2D eigenvalue weighted by atomic mass is 32.2. The SMILES string of the molecule is C#CCC(=O)C1CC2CCCC(C1)S2=O. The van der Waals surface area contributed by atoms with Crippen molar-refractivity contribution >= 4 is 16.6 Å². The topological polar surface area (TPSA) is 34.1 Å². The average molecular weight is 224 g/mol. The van der Waals surface area contributed by atoms with E-state index in [0.29, 0.717) is 0 Å². The van der Waals surface area contributed by atoms with Gasteiger partial charge in [0.25, 0.3) is 0 Å². The summed E-state index contributed by atoms with van der Waals surface area (Å²) < 4.78 is 11.9. The summed E-state index contributed by atoms with van der Waals surface area (Å²) in [5.74, 6) is 2.69. The fourth-order valence-corrected chi connectivity index (χ4v) is 4.93. The second-order valence-corrected chi connectivity index (χ2v) is 6.51. The number of fused-ring (bicyclic) bond motifs is 2. The van der Waals surface area contributed by atoms with E-state index in [1.807, 2.05) is 0 Å². The Labute approximate surface area is 93.3 Å². The molecule has 0 saturated carbocycles. The number of ketones is 1. The molecule has 0 radical (unpaired) electrons. The molecule has 2 aliphatic heterocycles. The van der Waals surface area contributed by atoms with E-state index in [4.69, 9.17) is 6.42 Å². The number of terminal acetylenes is 1. The summed E-state index contributed by atoms with van der Waals surface area (Å²) in [4.78, 5) is 11.7. The molecule has 2 saturated heterocycles. The lowest BCUT2D eigenvalue weighted by Gasteiger charge is -2.37. The molecule has 0 amide bonds. The first kappa shape index (κ1) is 10.9. The van der Waals surface area contributed by atoms with Crippen molar-refractivity contribution in [3.8, 4) is 12.3 Å². The second kappa shape index (κ2) is 4.49. The molecule has 0 aromatic rings. The van der Waals surface area contributed by atoms with Crippen molar-refractivity contribution in [3.05, 3.63) is 0 Å². The Morgan fingerprint density at radius 1 is 1.33 bits per heavy atom. The summed E-state index contributed by atoms with van der Waals surface area (Å²) in [6.07, 6.45) is 10.3. The van der Waals surface area contributed by atoms with Gasteiger partial charge in [-0.2, -0.15) is 0 Å². The highest BCUT2D eigenvalue weighted by Gasteiger charge is 2.39. The van der Waals surface area contributed by atoms with Gasteiger partial charge in [-0.25, -0.2) is 0 Å². The van der Waals surface area contributed by atoms with Gasteiger partial charge in [-0.3, -0.25) is 9.00 Å². The summed E-state index contributed by atoms with van der Waals surface area (Å²) in [6.45, 7) is 0. The van der Waals surface area contributed by atoms with Crippen molar-refractivity contribution in [1.29, 1.82) is 0 Å². The Bertz CT molecular complexity index is 313. The molecule has 2 aliphatic rings. The maximum atomic E-state index is 11.9. The molecule has 2 atom stereocenters. The van der Waals surface area contributed by atoms with Crippen molar-refractivity contribution in [2.45, 2.75) is 49.0 Å². The van der Waals surface area contributed by atoms with E-state index in [1.165, 1.54) is 6.42 Å². The van der Waals surface area contributed by atoms with Gasteiger partial charge in [0.15, 0.2) is 0 Å². The monoisotopic (exact) mass is 224 g/mol. The van der Waals surface area contributed by atoms with Crippen LogP contribution in [0.15, 0.2) is 0 Å². The summed E-state index contributed by atoms with van der Waals surface area (Å²) in [5.41, 5.74) is 0. The Balaban J connectivity index is 2.05. The lowest BCUT2D eigenvalue weighted by Crippen LogP contribution is -2.41. The quantitative estimate of drug-likeness (QED) is 0.668. The first-order valence-corrected chi connectivity index (χ1v) is 6.85. The third-order valence-electron chi connectivity index (χ3n) is 3.54. The minimum absolute atomic E-state index is 0.0917. The second-order valence-electron chi connectivity index (χ2n) is 4.52. The minimum atomic E-state index is -0.681. The summed E-state index contributed by atoms with van der Waals surface area (Å²) in [5, 5.41) is 0.536. The number of hydrogen-bond acceptors (Lipinski definition) is 2. The van der Waals surface area contributed by atoms with E-state index >= 15 is 0 Å². The maximum absolute atomic E-state index is 11.9. The molecule has 2 heterocycles.